The van der Waals surface area contributed by atoms with Crippen molar-refractivity contribution in [1.82, 2.24) is 14.8 Å². The van der Waals surface area contributed by atoms with Gasteiger partial charge in [-0.2, -0.15) is 5.10 Å². The second kappa shape index (κ2) is 5.76. The summed E-state index contributed by atoms with van der Waals surface area (Å²) in [5.41, 5.74) is 2.15. The fraction of sp³-hybridized carbons (Fsp3) is 0.125. The Morgan fingerprint density at radius 1 is 1.14 bits per heavy atom. The predicted octanol–water partition coefficient (Wildman–Crippen LogP) is 2.36. The molecule has 0 bridgehead atoms. The Bertz CT molecular complexity index is 725. The predicted molar refractivity (Wildman–Crippen MR) is 78.4 cm³/mol. The van der Waals surface area contributed by atoms with Gasteiger partial charge in [0.15, 0.2) is 0 Å². The molecule has 2 heterocycles. The monoisotopic (exact) mass is 281 g/mol. The van der Waals surface area contributed by atoms with E-state index in [2.05, 4.69) is 10.1 Å². The summed E-state index contributed by atoms with van der Waals surface area (Å²) in [5, 5.41) is 14.8. The Hall–Kier alpha value is -2.66. The van der Waals surface area contributed by atoms with Gasteiger partial charge in [0, 0.05) is 18.0 Å². The molecule has 0 saturated carbocycles. The first-order valence-electron chi connectivity index (χ1n) is 6.56. The number of aliphatic hydroxyl groups excluding tert-OH is 1. The lowest BCUT2D eigenvalue weighted by Crippen LogP contribution is -2.03. The molecule has 0 saturated heterocycles. The third-order valence-corrected chi connectivity index (χ3v) is 3.20. The van der Waals surface area contributed by atoms with Gasteiger partial charge in [-0.25, -0.2) is 4.68 Å². The van der Waals surface area contributed by atoms with E-state index >= 15 is 0 Å². The molecule has 0 aliphatic heterocycles. The van der Waals surface area contributed by atoms with Crippen LogP contribution in [-0.4, -0.2) is 27.0 Å². The number of nitrogens with zero attached hydrogens (tertiary/aromatic N) is 3. The van der Waals surface area contributed by atoms with Gasteiger partial charge in [-0.15, -0.1) is 0 Å². The maximum atomic E-state index is 10.4. The van der Waals surface area contributed by atoms with Crippen LogP contribution in [0.25, 0.3) is 5.69 Å². The van der Waals surface area contributed by atoms with Crippen LogP contribution in [0.5, 0.6) is 5.75 Å². The van der Waals surface area contributed by atoms with Crippen molar-refractivity contribution in [2.24, 2.45) is 0 Å². The average molecular weight is 281 g/mol. The summed E-state index contributed by atoms with van der Waals surface area (Å²) in [7, 11) is 1.57. The van der Waals surface area contributed by atoms with Crippen LogP contribution < -0.4 is 4.74 Å². The van der Waals surface area contributed by atoms with E-state index in [1.165, 1.54) is 0 Å². The number of aromatic nitrogens is 3. The highest BCUT2D eigenvalue weighted by atomic mass is 16.5. The molecule has 1 aromatic carbocycles. The van der Waals surface area contributed by atoms with Crippen LogP contribution in [0, 0.1) is 0 Å². The summed E-state index contributed by atoms with van der Waals surface area (Å²) >= 11 is 0. The number of pyridine rings is 1. The van der Waals surface area contributed by atoms with Crippen molar-refractivity contribution in [1.29, 1.82) is 0 Å². The molecule has 5 nitrogen and oxygen atoms in total. The molecular formula is C16H15N3O2. The summed E-state index contributed by atoms with van der Waals surface area (Å²) in [5.74, 6) is 0.606. The highest BCUT2D eigenvalue weighted by Gasteiger charge is 2.15. The van der Waals surface area contributed by atoms with Gasteiger partial charge in [0.25, 0.3) is 0 Å². The van der Waals surface area contributed by atoms with Gasteiger partial charge in [-0.3, -0.25) is 4.98 Å². The molecule has 0 spiro atoms. The minimum atomic E-state index is -0.836. The van der Waals surface area contributed by atoms with E-state index in [0.717, 1.165) is 5.69 Å². The summed E-state index contributed by atoms with van der Waals surface area (Å²) in [4.78, 5) is 4.05. The highest BCUT2D eigenvalue weighted by molar-refractivity contribution is 5.33. The summed E-state index contributed by atoms with van der Waals surface area (Å²) < 4.78 is 6.84. The summed E-state index contributed by atoms with van der Waals surface area (Å²) in [6.45, 7) is 0. The zero-order valence-electron chi connectivity index (χ0n) is 11.5. The molecule has 106 valence electrons. The average Bonchev–Trinajstić information content (AvgIpc) is 3.05. The first-order chi connectivity index (χ1) is 10.3. The fourth-order valence-electron chi connectivity index (χ4n) is 2.08. The molecule has 1 unspecified atom stereocenters. The highest BCUT2D eigenvalue weighted by Crippen LogP contribution is 2.23. The van der Waals surface area contributed by atoms with Crippen molar-refractivity contribution in [3.63, 3.8) is 0 Å². The lowest BCUT2D eigenvalue weighted by Gasteiger charge is -2.09. The topological polar surface area (TPSA) is 60.2 Å². The Morgan fingerprint density at radius 3 is 2.71 bits per heavy atom. The van der Waals surface area contributed by atoms with Gasteiger partial charge >= 0.3 is 0 Å². The molecule has 0 fully saturated rings. The second-order valence-electron chi connectivity index (χ2n) is 4.58. The lowest BCUT2D eigenvalue weighted by molar-refractivity contribution is 0.213. The Labute approximate surface area is 122 Å². The number of hydrogen-bond donors (Lipinski definition) is 1. The lowest BCUT2D eigenvalue weighted by atomic mass is 10.1. The SMILES string of the molecule is COc1cncc(C(O)c2ccn(-c3ccccc3)n2)c1. The third-order valence-electron chi connectivity index (χ3n) is 3.20. The smallest absolute Gasteiger partial charge is 0.137 e. The Morgan fingerprint density at radius 2 is 1.95 bits per heavy atom. The summed E-state index contributed by atoms with van der Waals surface area (Å²) in [6.07, 6.45) is 4.19. The largest absolute Gasteiger partial charge is 0.495 e. The zero-order valence-corrected chi connectivity index (χ0v) is 11.5. The molecular weight excluding hydrogens is 266 g/mol. The molecule has 3 rings (SSSR count). The van der Waals surface area contributed by atoms with Crippen LogP contribution in [-0.2, 0) is 0 Å². The van der Waals surface area contributed by atoms with Crippen molar-refractivity contribution in [2.45, 2.75) is 6.10 Å². The summed E-state index contributed by atoms with van der Waals surface area (Å²) in [6, 6.07) is 13.3. The van der Waals surface area contributed by atoms with Crippen molar-refractivity contribution in [3.8, 4) is 11.4 Å². The van der Waals surface area contributed by atoms with Crippen molar-refractivity contribution in [3.05, 3.63) is 72.3 Å². The van der Waals surface area contributed by atoms with E-state index < -0.39 is 6.10 Å². The molecule has 21 heavy (non-hydrogen) atoms. The standard InChI is InChI=1S/C16H15N3O2/c1-21-14-9-12(10-17-11-14)16(20)15-7-8-19(18-15)13-5-3-2-4-6-13/h2-11,16,20H,1H3. The van der Waals surface area contributed by atoms with Crippen LogP contribution in [0.1, 0.15) is 17.4 Å². The van der Waals surface area contributed by atoms with Crippen molar-refractivity contribution >= 4 is 0 Å². The minimum Gasteiger partial charge on any atom is -0.495 e. The van der Waals surface area contributed by atoms with Crippen LogP contribution in [0.4, 0.5) is 0 Å². The van der Waals surface area contributed by atoms with Crippen LogP contribution in [0.15, 0.2) is 61.1 Å². The number of methoxy groups -OCH3 is 1. The van der Waals surface area contributed by atoms with E-state index in [9.17, 15) is 5.11 Å². The van der Waals surface area contributed by atoms with Gasteiger partial charge in [0.1, 0.15) is 11.9 Å². The van der Waals surface area contributed by atoms with E-state index in [-0.39, 0.29) is 0 Å². The maximum absolute atomic E-state index is 10.4. The van der Waals surface area contributed by atoms with Crippen LogP contribution in [0.2, 0.25) is 0 Å². The first kappa shape index (κ1) is 13.3. The van der Waals surface area contributed by atoms with E-state index in [1.807, 2.05) is 36.5 Å². The van der Waals surface area contributed by atoms with Crippen molar-refractivity contribution < 1.29 is 9.84 Å². The fourth-order valence-corrected chi connectivity index (χ4v) is 2.08. The third kappa shape index (κ3) is 2.78. The van der Waals surface area contributed by atoms with Gasteiger partial charge in [0.2, 0.25) is 0 Å². The van der Waals surface area contributed by atoms with Gasteiger partial charge in [-0.05, 0) is 24.3 Å². The normalized spacial score (nSPS) is 12.1. The molecule has 0 radical (unpaired) electrons. The minimum absolute atomic E-state index is 0.564. The molecule has 1 N–H and O–H groups in total. The van der Waals surface area contributed by atoms with Crippen molar-refractivity contribution in [2.75, 3.05) is 7.11 Å². The maximum Gasteiger partial charge on any atom is 0.137 e. The van der Waals surface area contributed by atoms with Gasteiger partial charge in [-0.1, -0.05) is 18.2 Å². The Balaban J connectivity index is 1.88. The Kier molecular flexibility index (Phi) is 3.66. The number of benzene rings is 1. The first-order valence-corrected chi connectivity index (χ1v) is 6.56. The van der Waals surface area contributed by atoms with Crippen LogP contribution >= 0.6 is 0 Å². The molecule has 1 atom stereocenters. The van der Waals surface area contributed by atoms with E-state index in [1.54, 1.807) is 36.3 Å². The molecule has 2 aromatic heterocycles. The molecule has 0 amide bonds. The van der Waals surface area contributed by atoms with Gasteiger partial charge in [0.05, 0.1) is 24.7 Å². The number of hydrogen-bond acceptors (Lipinski definition) is 4. The molecule has 0 aliphatic rings. The van der Waals surface area contributed by atoms with E-state index in [4.69, 9.17) is 4.74 Å². The van der Waals surface area contributed by atoms with Gasteiger partial charge < -0.3 is 9.84 Å². The number of rotatable bonds is 4. The zero-order chi connectivity index (χ0) is 14.7. The second-order valence-corrected chi connectivity index (χ2v) is 4.58. The van der Waals surface area contributed by atoms with Crippen LogP contribution in [0.3, 0.4) is 0 Å². The molecule has 0 aliphatic carbocycles. The van der Waals surface area contributed by atoms with E-state index in [0.29, 0.717) is 17.0 Å². The molecule has 5 heteroatoms. The number of ether oxygens (including phenoxy) is 1. The molecule has 3 aromatic rings. The quantitative estimate of drug-likeness (QED) is 0.797. The number of aliphatic hydroxyl groups is 1. The number of para-hydroxylation sites is 1.